The van der Waals surface area contributed by atoms with Gasteiger partial charge in [-0.15, -0.1) is 0 Å². The molecule has 0 spiro atoms. The summed E-state index contributed by atoms with van der Waals surface area (Å²) in [4.78, 5) is 14.0. The standard InChI is InChI=1S/C33H41B4IN2O2/c1-25(40-38)42-32(34-2)28-14-15-29(31(39)23-28)24-37(30-12-8-5-9-13-30)33(41)35(3)20-21-36-18-16-27(17-19-36)22-26-10-6-4-7-11-26/h4-15,23,27,40H,1,16-22,24,39H2,2-3H3. The number of rotatable bonds is 14. The van der Waals surface area contributed by atoms with Gasteiger partial charge in [0.25, 0.3) is 0 Å². The molecule has 9 heteroatoms. The molecule has 1 aliphatic heterocycles. The summed E-state index contributed by atoms with van der Waals surface area (Å²) in [5.74, 6) is 1.24. The van der Waals surface area contributed by atoms with Gasteiger partial charge in [-0.1, -0.05) is 55.8 Å². The van der Waals surface area contributed by atoms with Crippen LogP contribution in [-0.2, 0) is 17.5 Å². The summed E-state index contributed by atoms with van der Waals surface area (Å²) in [6, 6.07) is 27.0. The maximum absolute atomic E-state index is 14.0. The van der Waals surface area contributed by atoms with Gasteiger partial charge in [0.2, 0.25) is 0 Å². The van der Waals surface area contributed by atoms with Gasteiger partial charge in [0.1, 0.15) is 0 Å². The molecule has 0 unspecified atom stereocenters. The Hall–Kier alpha value is -2.67. The zero-order valence-corrected chi connectivity index (χ0v) is 27.2. The topological polar surface area (TPSA) is 64.3 Å². The molecule has 0 bridgehead atoms. The molecule has 42 heavy (non-hydrogen) atoms. The first-order chi connectivity index (χ1) is 20.4. The van der Waals surface area contributed by atoms with Crippen molar-refractivity contribution in [2.45, 2.75) is 64.5 Å². The summed E-state index contributed by atoms with van der Waals surface area (Å²) in [5, 5.41) is 0. The molecule has 4 rings (SSSR count). The quantitative estimate of drug-likeness (QED) is 0.0642. The number of anilines is 1. The van der Waals surface area contributed by atoms with E-state index in [1.54, 1.807) is 0 Å². The summed E-state index contributed by atoms with van der Waals surface area (Å²) in [6.45, 7) is 10.3. The van der Waals surface area contributed by atoms with Crippen molar-refractivity contribution >= 4 is 72.3 Å². The van der Waals surface area contributed by atoms with E-state index in [2.05, 4.69) is 59.4 Å². The van der Waals surface area contributed by atoms with Crippen molar-refractivity contribution in [2.75, 3.05) is 5.73 Å². The van der Waals surface area contributed by atoms with E-state index in [-0.39, 0.29) is 13.4 Å². The number of carbonyl (C=O) groups is 1. The average Bonchev–Trinajstić information content (AvgIpc) is 3.03. The van der Waals surface area contributed by atoms with Crippen LogP contribution in [0.5, 0.6) is 0 Å². The molecule has 3 aromatic carbocycles. The Morgan fingerprint density at radius 1 is 1.10 bits per heavy atom. The Balaban J connectivity index is 1.38. The van der Waals surface area contributed by atoms with E-state index in [0.29, 0.717) is 29.1 Å². The third-order valence-electron chi connectivity index (χ3n) is 8.83. The van der Waals surface area contributed by atoms with Gasteiger partial charge in [-0.2, -0.15) is 0 Å². The molecule has 3 N–H and O–H groups in total. The third-order valence-corrected chi connectivity index (χ3v) is 9.43. The van der Waals surface area contributed by atoms with Gasteiger partial charge in [-0.05, 0) is 17.9 Å². The van der Waals surface area contributed by atoms with Gasteiger partial charge in [0, 0.05) is 0 Å². The molecule has 1 fully saturated rings. The van der Waals surface area contributed by atoms with Crippen LogP contribution in [0, 0.1) is 5.92 Å². The Morgan fingerprint density at radius 2 is 1.76 bits per heavy atom. The van der Waals surface area contributed by atoms with Crippen LogP contribution in [0.2, 0.25) is 38.9 Å². The number of carbonyl (C=O) groups excluding carboxylic acids is 1. The van der Waals surface area contributed by atoms with Gasteiger partial charge < -0.3 is 0 Å². The van der Waals surface area contributed by atoms with Crippen molar-refractivity contribution in [3.05, 3.63) is 108 Å². The number of benzene rings is 3. The van der Waals surface area contributed by atoms with Crippen LogP contribution in [0.25, 0.3) is 0 Å². The fourth-order valence-corrected chi connectivity index (χ4v) is 6.41. The molecule has 0 radical (unpaired) electrons. The minimum absolute atomic E-state index is 0.00700. The number of hydrogen-bond donors (Lipinski definition) is 2. The van der Waals surface area contributed by atoms with Crippen LogP contribution in [0.15, 0.2) is 91.3 Å². The zero-order chi connectivity index (χ0) is 29.9. The predicted octanol–water partition coefficient (Wildman–Crippen LogP) is 6.97. The van der Waals surface area contributed by atoms with Crippen LogP contribution in [0.4, 0.5) is 10.5 Å². The molecule has 4 nitrogen and oxygen atoms in total. The van der Waals surface area contributed by atoms with Crippen LogP contribution in [0.1, 0.15) is 29.5 Å². The third kappa shape index (κ3) is 9.16. The fraction of sp³-hybridized carbons (Fsp3) is 0.333. The molecule has 1 heterocycles. The van der Waals surface area contributed by atoms with E-state index in [0.717, 1.165) is 41.9 Å². The molecule has 214 valence electrons. The van der Waals surface area contributed by atoms with Crippen LogP contribution >= 0.6 is 22.9 Å². The average molecular weight is 668 g/mol. The summed E-state index contributed by atoms with van der Waals surface area (Å²) < 4.78 is 8.68. The first-order valence-electron chi connectivity index (χ1n) is 15.3. The zero-order valence-electron chi connectivity index (χ0n) is 25.0. The Morgan fingerprint density at radius 3 is 2.38 bits per heavy atom. The van der Waals surface area contributed by atoms with Gasteiger partial charge in [0.05, 0.1) is 0 Å². The summed E-state index contributed by atoms with van der Waals surface area (Å²) in [5.41, 5.74) is 12.6. The van der Waals surface area contributed by atoms with Crippen molar-refractivity contribution in [1.29, 1.82) is 0 Å². The molecule has 0 aromatic heterocycles. The monoisotopic (exact) mass is 668 g/mol. The van der Waals surface area contributed by atoms with E-state index in [4.69, 9.17) is 10.5 Å². The maximum atomic E-state index is 14.0. The van der Waals surface area contributed by atoms with E-state index in [9.17, 15) is 4.79 Å². The molecular weight excluding hydrogens is 627 g/mol. The van der Waals surface area contributed by atoms with Gasteiger partial charge in [-0.3, -0.25) is 0 Å². The normalized spacial score (nSPS) is 13.7. The van der Waals surface area contributed by atoms with E-state index in [1.165, 1.54) is 37.5 Å². The van der Waals surface area contributed by atoms with Crippen LogP contribution in [0.3, 0.4) is 0 Å². The SMILES string of the molecule is C=C(NI)OC(=BC)c1ccc(CB(C(=O)B(C)CCB2CCC(Cc3ccccc3)CC2)c2ccccc2)c(N)c1. The van der Waals surface area contributed by atoms with Crippen LogP contribution < -0.4 is 14.7 Å². The number of halogens is 1. The second-order valence-electron chi connectivity index (χ2n) is 11.8. The molecule has 0 amide bonds. The van der Waals surface area contributed by atoms with Gasteiger partial charge >= 0.3 is 196 Å². The summed E-state index contributed by atoms with van der Waals surface area (Å²) in [6.07, 6.45) is 9.01. The Kier molecular flexibility index (Phi) is 12.5. The van der Waals surface area contributed by atoms with Crippen molar-refractivity contribution < 1.29 is 9.53 Å². The number of ether oxygens (including phenoxy) is 1. The molecule has 1 aliphatic rings. The second kappa shape index (κ2) is 16.3. The number of nitrogens with two attached hydrogens (primary N) is 1. The molecule has 1 saturated heterocycles. The Bertz CT molecular complexity index is 1350. The predicted molar refractivity (Wildman–Crippen MR) is 194 cm³/mol. The minimum atomic E-state index is -0.226. The molecule has 3 aromatic rings. The number of nitrogen functional groups attached to an aromatic ring is 1. The van der Waals surface area contributed by atoms with E-state index < -0.39 is 0 Å². The fourth-order valence-electron chi connectivity index (χ4n) is 6.30. The van der Waals surface area contributed by atoms with Gasteiger partial charge in [0.15, 0.2) is 0 Å². The summed E-state index contributed by atoms with van der Waals surface area (Å²) in [7, 11) is 0. The van der Waals surface area contributed by atoms with E-state index >= 15 is 0 Å². The first kappa shape index (κ1) is 32.2. The molecule has 0 saturated carbocycles. The summed E-state index contributed by atoms with van der Waals surface area (Å²) >= 11 is 1.99. The van der Waals surface area contributed by atoms with Crippen molar-refractivity contribution in [3.8, 4) is 0 Å². The van der Waals surface area contributed by atoms with E-state index in [1.807, 2.05) is 73.0 Å². The van der Waals surface area contributed by atoms with Crippen molar-refractivity contribution in [2.24, 2.45) is 5.92 Å². The molecular formula is C33H41B4IN2O2. The molecule has 0 aliphatic carbocycles. The molecule has 0 atom stereocenters. The second-order valence-corrected chi connectivity index (χ2v) is 12.4. The van der Waals surface area contributed by atoms with Crippen LogP contribution in [-0.4, -0.2) is 38.3 Å². The van der Waals surface area contributed by atoms with Crippen molar-refractivity contribution in [3.63, 3.8) is 0 Å². The first-order valence-corrected chi connectivity index (χ1v) is 16.4. The van der Waals surface area contributed by atoms with Crippen molar-refractivity contribution in [1.82, 2.24) is 3.53 Å². The Labute approximate surface area is 268 Å². The van der Waals surface area contributed by atoms with Gasteiger partial charge in [-0.25, -0.2) is 0 Å². The number of nitrogens with one attached hydrogen (secondary N) is 1. The number of hydrogen-bond acceptors (Lipinski definition) is 4.